The molecule has 0 saturated carbocycles. The van der Waals surface area contributed by atoms with Crippen molar-refractivity contribution in [2.75, 3.05) is 13.1 Å². The number of carboxylic acids is 2. The topological polar surface area (TPSA) is 77.8 Å². The number of aliphatic carboxylic acids is 2. The lowest BCUT2D eigenvalue weighted by Gasteiger charge is -2.17. The maximum Gasteiger partial charge on any atom is 0.317 e. The summed E-state index contributed by atoms with van der Waals surface area (Å²) in [5, 5.41) is 17.4. The van der Waals surface area contributed by atoms with Gasteiger partial charge in [0.05, 0.1) is 13.1 Å². The van der Waals surface area contributed by atoms with Crippen molar-refractivity contribution < 1.29 is 19.8 Å². The van der Waals surface area contributed by atoms with Gasteiger partial charge in [0.1, 0.15) is 0 Å². The summed E-state index contributed by atoms with van der Waals surface area (Å²) in [6.07, 6.45) is 0. The molecule has 1 rings (SSSR count). The molecule has 0 radical (unpaired) electrons. The van der Waals surface area contributed by atoms with Crippen LogP contribution in [0.25, 0.3) is 0 Å². The Morgan fingerprint density at radius 1 is 1.24 bits per heavy atom. The van der Waals surface area contributed by atoms with Crippen LogP contribution in [-0.4, -0.2) is 40.1 Å². The molecule has 17 heavy (non-hydrogen) atoms. The number of carbonyl (C=O) groups is 2. The van der Waals surface area contributed by atoms with Crippen LogP contribution in [0.4, 0.5) is 0 Å². The van der Waals surface area contributed by atoms with Crippen molar-refractivity contribution in [3.8, 4) is 0 Å². The molecule has 2 N–H and O–H groups in total. The molecule has 5 nitrogen and oxygen atoms in total. The highest BCUT2D eigenvalue weighted by Gasteiger charge is 2.15. The molecule has 1 heterocycles. The molecule has 0 fully saturated rings. The largest absolute Gasteiger partial charge is 0.480 e. The number of aryl methyl sites for hydroxylation is 2. The number of nitrogens with zero attached hydrogens (tertiary/aromatic N) is 1. The second-order valence-electron chi connectivity index (χ2n) is 3.87. The molecule has 0 aliphatic rings. The Hall–Kier alpha value is -1.40. The fourth-order valence-corrected chi connectivity index (χ4v) is 2.57. The van der Waals surface area contributed by atoms with Crippen LogP contribution >= 0.6 is 11.3 Å². The van der Waals surface area contributed by atoms with Crippen LogP contribution < -0.4 is 0 Å². The van der Waals surface area contributed by atoms with Crippen molar-refractivity contribution >= 4 is 23.3 Å². The first-order valence-electron chi connectivity index (χ1n) is 5.10. The molecule has 0 spiro atoms. The van der Waals surface area contributed by atoms with Crippen molar-refractivity contribution in [1.82, 2.24) is 4.90 Å². The van der Waals surface area contributed by atoms with E-state index in [9.17, 15) is 9.59 Å². The summed E-state index contributed by atoms with van der Waals surface area (Å²) >= 11 is 1.63. The van der Waals surface area contributed by atoms with Gasteiger partial charge in [0.15, 0.2) is 0 Å². The van der Waals surface area contributed by atoms with E-state index in [1.165, 1.54) is 4.90 Å². The molecule has 0 amide bonds. The van der Waals surface area contributed by atoms with Gasteiger partial charge in [-0.25, -0.2) is 0 Å². The summed E-state index contributed by atoms with van der Waals surface area (Å²) in [7, 11) is 0. The second kappa shape index (κ2) is 5.79. The van der Waals surface area contributed by atoms with E-state index in [1.54, 1.807) is 11.3 Å². The van der Waals surface area contributed by atoms with Crippen molar-refractivity contribution in [2.45, 2.75) is 20.4 Å². The molecular formula is C11H15NO4S. The summed E-state index contributed by atoms with van der Waals surface area (Å²) in [4.78, 5) is 24.9. The standard InChI is InChI=1S/C11H15NO4S/c1-7-3-9(8(2)17-7)4-12(5-10(13)14)6-11(15)16/h3H,4-6H2,1-2H3,(H,13,14)(H,15,16). The third-order valence-electron chi connectivity index (χ3n) is 2.26. The first-order chi connectivity index (χ1) is 7.88. The maximum atomic E-state index is 10.6. The van der Waals surface area contributed by atoms with Crippen LogP contribution in [-0.2, 0) is 16.1 Å². The highest BCUT2D eigenvalue weighted by Crippen LogP contribution is 2.21. The third-order valence-corrected chi connectivity index (χ3v) is 3.26. The van der Waals surface area contributed by atoms with E-state index in [0.717, 1.165) is 15.3 Å². The van der Waals surface area contributed by atoms with Gasteiger partial charge in [-0.2, -0.15) is 0 Å². The number of carboxylic acid groups (broad SMARTS) is 2. The van der Waals surface area contributed by atoms with Gasteiger partial charge < -0.3 is 10.2 Å². The monoisotopic (exact) mass is 257 g/mol. The molecule has 0 aliphatic carbocycles. The van der Waals surface area contributed by atoms with Gasteiger partial charge in [0, 0.05) is 16.3 Å². The van der Waals surface area contributed by atoms with Crippen molar-refractivity contribution in [1.29, 1.82) is 0 Å². The highest BCUT2D eigenvalue weighted by molar-refractivity contribution is 7.12. The van der Waals surface area contributed by atoms with E-state index in [1.807, 2.05) is 19.9 Å². The predicted octanol–water partition coefficient (Wildman–Crippen LogP) is 1.34. The Labute approximate surface area is 103 Å². The lowest BCUT2D eigenvalue weighted by atomic mass is 10.2. The molecule has 0 saturated heterocycles. The summed E-state index contributed by atoms with van der Waals surface area (Å²) in [6, 6.07) is 1.97. The number of rotatable bonds is 6. The Morgan fingerprint density at radius 3 is 2.12 bits per heavy atom. The van der Waals surface area contributed by atoms with E-state index in [0.29, 0.717) is 6.54 Å². The van der Waals surface area contributed by atoms with E-state index in [2.05, 4.69) is 0 Å². The average Bonchev–Trinajstić information content (AvgIpc) is 2.42. The zero-order valence-corrected chi connectivity index (χ0v) is 10.6. The lowest BCUT2D eigenvalue weighted by molar-refractivity contribution is -0.142. The van der Waals surface area contributed by atoms with Gasteiger partial charge in [0.25, 0.3) is 0 Å². The quantitative estimate of drug-likeness (QED) is 0.804. The van der Waals surface area contributed by atoms with Crippen LogP contribution in [0.3, 0.4) is 0 Å². The minimum absolute atomic E-state index is 0.263. The molecular weight excluding hydrogens is 242 g/mol. The Kier molecular flexibility index (Phi) is 4.65. The van der Waals surface area contributed by atoms with Gasteiger partial charge in [0.2, 0.25) is 0 Å². The molecule has 0 aromatic carbocycles. The van der Waals surface area contributed by atoms with E-state index in [-0.39, 0.29) is 13.1 Å². The van der Waals surface area contributed by atoms with Crippen molar-refractivity contribution in [2.24, 2.45) is 0 Å². The van der Waals surface area contributed by atoms with E-state index in [4.69, 9.17) is 10.2 Å². The van der Waals surface area contributed by atoms with Crippen LogP contribution in [0, 0.1) is 13.8 Å². The Bertz CT molecular complexity index is 411. The zero-order valence-electron chi connectivity index (χ0n) is 9.77. The van der Waals surface area contributed by atoms with E-state index >= 15 is 0 Å². The van der Waals surface area contributed by atoms with Gasteiger partial charge in [-0.15, -0.1) is 11.3 Å². The first-order valence-corrected chi connectivity index (χ1v) is 5.92. The third kappa shape index (κ3) is 4.54. The highest BCUT2D eigenvalue weighted by atomic mass is 32.1. The fraction of sp³-hybridized carbons (Fsp3) is 0.455. The smallest absolute Gasteiger partial charge is 0.317 e. The number of thiophene rings is 1. The van der Waals surface area contributed by atoms with Gasteiger partial charge >= 0.3 is 11.9 Å². The maximum absolute atomic E-state index is 10.6. The molecule has 0 aliphatic heterocycles. The zero-order chi connectivity index (χ0) is 13.0. The summed E-state index contributed by atoms with van der Waals surface area (Å²) < 4.78 is 0. The van der Waals surface area contributed by atoms with Crippen LogP contribution in [0.5, 0.6) is 0 Å². The van der Waals surface area contributed by atoms with Gasteiger partial charge in [-0.05, 0) is 25.5 Å². The SMILES string of the molecule is Cc1cc(CN(CC(=O)O)CC(=O)O)c(C)s1. The number of hydrogen-bond acceptors (Lipinski definition) is 4. The molecule has 0 unspecified atom stereocenters. The Balaban J connectivity index is 2.74. The van der Waals surface area contributed by atoms with Gasteiger partial charge in [-0.3, -0.25) is 14.5 Å². The summed E-state index contributed by atoms with van der Waals surface area (Å²) in [5.41, 5.74) is 0.995. The minimum Gasteiger partial charge on any atom is -0.480 e. The Morgan fingerprint density at radius 2 is 1.76 bits per heavy atom. The van der Waals surface area contributed by atoms with Crippen LogP contribution in [0.15, 0.2) is 6.07 Å². The fourth-order valence-electron chi connectivity index (χ4n) is 1.63. The average molecular weight is 257 g/mol. The summed E-state index contributed by atoms with van der Waals surface area (Å²) in [6.45, 7) is 3.75. The lowest BCUT2D eigenvalue weighted by Crippen LogP contribution is -2.34. The molecule has 6 heteroatoms. The van der Waals surface area contributed by atoms with E-state index < -0.39 is 11.9 Å². The van der Waals surface area contributed by atoms with Crippen LogP contribution in [0.2, 0.25) is 0 Å². The molecule has 0 bridgehead atoms. The molecule has 1 aromatic rings. The normalized spacial score (nSPS) is 10.8. The molecule has 0 atom stereocenters. The van der Waals surface area contributed by atoms with Gasteiger partial charge in [-0.1, -0.05) is 0 Å². The van der Waals surface area contributed by atoms with Crippen LogP contribution in [0.1, 0.15) is 15.3 Å². The van der Waals surface area contributed by atoms with Crippen molar-refractivity contribution in [3.63, 3.8) is 0 Å². The van der Waals surface area contributed by atoms with Crippen molar-refractivity contribution in [3.05, 3.63) is 21.4 Å². The molecule has 94 valence electrons. The second-order valence-corrected chi connectivity index (χ2v) is 5.33. The minimum atomic E-state index is -1.02. The summed E-state index contributed by atoms with van der Waals surface area (Å²) in [5.74, 6) is -2.04. The molecule has 1 aromatic heterocycles. The predicted molar refractivity (Wildman–Crippen MR) is 64.3 cm³/mol. The first kappa shape index (κ1) is 13.7. The number of hydrogen-bond donors (Lipinski definition) is 2.